The molecule has 3 aromatic rings. The van der Waals surface area contributed by atoms with Crippen LogP contribution in [0.5, 0.6) is 0 Å². The third-order valence-electron chi connectivity index (χ3n) is 4.20. The lowest BCUT2D eigenvalue weighted by atomic mass is 10.2. The molecule has 6 nitrogen and oxygen atoms in total. The summed E-state index contributed by atoms with van der Waals surface area (Å²) in [5.41, 5.74) is 2.15. The smallest absolute Gasteiger partial charge is 0.251 e. The highest BCUT2D eigenvalue weighted by atomic mass is 35.5. The second kappa shape index (κ2) is 8.22. The number of hydrogen-bond acceptors (Lipinski definition) is 3. The van der Waals surface area contributed by atoms with Crippen LogP contribution in [0.3, 0.4) is 0 Å². The molecule has 0 saturated heterocycles. The number of hydrogen-bond donors (Lipinski definition) is 2. The van der Waals surface area contributed by atoms with E-state index in [0.717, 1.165) is 11.0 Å². The Balaban J connectivity index is 1.88. The lowest BCUT2D eigenvalue weighted by Gasteiger charge is -2.16. The molecule has 140 valence electrons. The number of amides is 2. The second-order valence-corrected chi connectivity index (χ2v) is 6.64. The number of fused-ring (bicyclic) bond motifs is 1. The molecular formula is C20H21ClN4O2. The van der Waals surface area contributed by atoms with Crippen LogP contribution in [-0.2, 0) is 11.3 Å². The molecule has 27 heavy (non-hydrogen) atoms. The average Bonchev–Trinajstić information content (AvgIpc) is 3.01. The normalized spacial score (nSPS) is 12.0. The number of halogens is 1. The topological polar surface area (TPSA) is 76.0 Å². The zero-order chi connectivity index (χ0) is 19.4. The molecule has 0 spiro atoms. The summed E-state index contributed by atoms with van der Waals surface area (Å²) in [5.74, 6) is 0.304. The van der Waals surface area contributed by atoms with Crippen LogP contribution in [-0.4, -0.2) is 27.9 Å². The van der Waals surface area contributed by atoms with Crippen molar-refractivity contribution in [1.29, 1.82) is 0 Å². The van der Waals surface area contributed by atoms with Crippen LogP contribution in [0.1, 0.15) is 36.1 Å². The number of benzene rings is 2. The van der Waals surface area contributed by atoms with Gasteiger partial charge >= 0.3 is 0 Å². The van der Waals surface area contributed by atoms with E-state index in [4.69, 9.17) is 11.6 Å². The van der Waals surface area contributed by atoms with Crippen LogP contribution >= 0.6 is 11.6 Å². The molecule has 0 fully saturated rings. The number of likely N-dealkylation sites (N-methyl/N-ethyl adjacent to an activating group) is 1. The van der Waals surface area contributed by atoms with Gasteiger partial charge in [0, 0.05) is 17.1 Å². The third kappa shape index (κ3) is 4.28. The molecule has 1 unspecified atom stereocenters. The Bertz CT molecular complexity index is 966. The fourth-order valence-corrected chi connectivity index (χ4v) is 3.06. The molecule has 0 aliphatic carbocycles. The van der Waals surface area contributed by atoms with Crippen molar-refractivity contribution in [2.45, 2.75) is 26.4 Å². The SMILES string of the molecule is CCNC(=O)Cn1c(C(C)NC(=O)c2ccc(Cl)cc2)nc2ccccc21. The number of nitrogens with zero attached hydrogens (tertiary/aromatic N) is 2. The Morgan fingerprint density at radius 3 is 2.56 bits per heavy atom. The van der Waals surface area contributed by atoms with Gasteiger partial charge in [0.05, 0.1) is 17.1 Å². The van der Waals surface area contributed by atoms with E-state index in [1.165, 1.54) is 0 Å². The summed E-state index contributed by atoms with van der Waals surface area (Å²) in [6, 6.07) is 13.9. The van der Waals surface area contributed by atoms with E-state index < -0.39 is 0 Å². The number of carbonyl (C=O) groups is 2. The van der Waals surface area contributed by atoms with Gasteiger partial charge in [-0.05, 0) is 50.2 Å². The highest BCUT2D eigenvalue weighted by Crippen LogP contribution is 2.21. The molecule has 0 aliphatic heterocycles. The van der Waals surface area contributed by atoms with Crippen molar-refractivity contribution in [3.63, 3.8) is 0 Å². The minimum atomic E-state index is -0.380. The number of imidazole rings is 1. The number of rotatable bonds is 6. The first-order valence-corrected chi connectivity index (χ1v) is 9.15. The summed E-state index contributed by atoms with van der Waals surface area (Å²) in [7, 11) is 0. The number of nitrogens with one attached hydrogen (secondary N) is 2. The maximum atomic E-state index is 12.5. The maximum absolute atomic E-state index is 12.5. The van der Waals surface area contributed by atoms with Gasteiger partial charge in [0.1, 0.15) is 12.4 Å². The summed E-state index contributed by atoms with van der Waals surface area (Å²) in [6.45, 7) is 4.43. The van der Waals surface area contributed by atoms with E-state index >= 15 is 0 Å². The van der Waals surface area contributed by atoms with Crippen molar-refractivity contribution >= 4 is 34.4 Å². The molecule has 0 saturated carbocycles. The predicted molar refractivity (Wildman–Crippen MR) is 106 cm³/mol. The largest absolute Gasteiger partial charge is 0.355 e. The molecule has 0 bridgehead atoms. The minimum absolute atomic E-state index is 0.0990. The Morgan fingerprint density at radius 1 is 1.15 bits per heavy atom. The minimum Gasteiger partial charge on any atom is -0.355 e. The lowest BCUT2D eigenvalue weighted by molar-refractivity contribution is -0.121. The molecular weight excluding hydrogens is 364 g/mol. The predicted octanol–water partition coefficient (Wildman–Crippen LogP) is 3.32. The van der Waals surface area contributed by atoms with E-state index in [0.29, 0.717) is 23.0 Å². The Kier molecular flexibility index (Phi) is 5.76. The quantitative estimate of drug-likeness (QED) is 0.684. The zero-order valence-corrected chi connectivity index (χ0v) is 16.0. The molecule has 0 radical (unpaired) electrons. The van der Waals surface area contributed by atoms with Gasteiger partial charge < -0.3 is 15.2 Å². The van der Waals surface area contributed by atoms with Crippen LogP contribution in [0.2, 0.25) is 5.02 Å². The molecule has 1 aromatic heterocycles. The van der Waals surface area contributed by atoms with Crippen LogP contribution < -0.4 is 10.6 Å². The van der Waals surface area contributed by atoms with E-state index in [1.54, 1.807) is 24.3 Å². The van der Waals surface area contributed by atoms with Crippen LogP contribution in [0.4, 0.5) is 0 Å². The van der Waals surface area contributed by atoms with Gasteiger partial charge in [-0.2, -0.15) is 0 Å². The summed E-state index contributed by atoms with van der Waals surface area (Å²) in [4.78, 5) is 29.3. The van der Waals surface area contributed by atoms with Gasteiger partial charge in [0.25, 0.3) is 5.91 Å². The fourth-order valence-electron chi connectivity index (χ4n) is 2.93. The van der Waals surface area contributed by atoms with Gasteiger partial charge in [-0.15, -0.1) is 0 Å². The molecule has 0 aliphatic rings. The lowest BCUT2D eigenvalue weighted by Crippen LogP contribution is -2.31. The van der Waals surface area contributed by atoms with Crippen molar-refractivity contribution in [3.8, 4) is 0 Å². The molecule has 3 rings (SSSR count). The van der Waals surface area contributed by atoms with E-state index in [9.17, 15) is 9.59 Å². The third-order valence-corrected chi connectivity index (χ3v) is 4.45. The standard InChI is InChI=1S/C20H21ClN4O2/c1-3-22-18(26)12-25-17-7-5-4-6-16(17)24-19(25)13(2)23-20(27)14-8-10-15(21)11-9-14/h4-11,13H,3,12H2,1-2H3,(H,22,26)(H,23,27). The molecule has 2 aromatic carbocycles. The van der Waals surface area contributed by atoms with Gasteiger partial charge in [-0.25, -0.2) is 4.98 Å². The summed E-state index contributed by atoms with van der Waals surface area (Å²) < 4.78 is 1.84. The Hall–Kier alpha value is -2.86. The average molecular weight is 385 g/mol. The van der Waals surface area contributed by atoms with Gasteiger partial charge in [-0.3, -0.25) is 9.59 Å². The van der Waals surface area contributed by atoms with Gasteiger partial charge in [-0.1, -0.05) is 23.7 Å². The van der Waals surface area contributed by atoms with E-state index in [1.807, 2.05) is 42.7 Å². The Morgan fingerprint density at radius 2 is 1.85 bits per heavy atom. The van der Waals surface area contributed by atoms with Crippen molar-refractivity contribution < 1.29 is 9.59 Å². The maximum Gasteiger partial charge on any atom is 0.251 e. The summed E-state index contributed by atoms with van der Waals surface area (Å²) >= 11 is 5.88. The second-order valence-electron chi connectivity index (χ2n) is 6.20. The van der Waals surface area contributed by atoms with Crippen LogP contribution in [0, 0.1) is 0 Å². The van der Waals surface area contributed by atoms with Crippen molar-refractivity contribution in [1.82, 2.24) is 20.2 Å². The highest BCUT2D eigenvalue weighted by Gasteiger charge is 2.20. The number of aromatic nitrogens is 2. The van der Waals surface area contributed by atoms with Crippen molar-refractivity contribution in [2.75, 3.05) is 6.54 Å². The first kappa shape index (κ1) is 18.9. The molecule has 2 amide bonds. The summed E-state index contributed by atoms with van der Waals surface area (Å²) in [6.07, 6.45) is 0. The highest BCUT2D eigenvalue weighted by molar-refractivity contribution is 6.30. The number of para-hydroxylation sites is 2. The zero-order valence-electron chi connectivity index (χ0n) is 15.2. The van der Waals surface area contributed by atoms with Gasteiger partial charge in [0.15, 0.2) is 0 Å². The van der Waals surface area contributed by atoms with Crippen molar-refractivity contribution in [2.24, 2.45) is 0 Å². The Labute approximate surface area is 162 Å². The first-order chi connectivity index (χ1) is 13.0. The van der Waals surface area contributed by atoms with Crippen LogP contribution in [0.15, 0.2) is 48.5 Å². The number of carbonyl (C=O) groups excluding carboxylic acids is 2. The molecule has 1 heterocycles. The fraction of sp³-hybridized carbons (Fsp3) is 0.250. The molecule has 7 heteroatoms. The van der Waals surface area contributed by atoms with Gasteiger partial charge in [0.2, 0.25) is 5.91 Å². The molecule has 2 N–H and O–H groups in total. The summed E-state index contributed by atoms with van der Waals surface area (Å²) in [5, 5.41) is 6.31. The van der Waals surface area contributed by atoms with E-state index in [-0.39, 0.29) is 24.4 Å². The first-order valence-electron chi connectivity index (χ1n) is 8.78. The van der Waals surface area contributed by atoms with Crippen LogP contribution in [0.25, 0.3) is 11.0 Å². The monoisotopic (exact) mass is 384 g/mol. The van der Waals surface area contributed by atoms with Crippen molar-refractivity contribution in [3.05, 3.63) is 64.9 Å². The van der Waals surface area contributed by atoms with E-state index in [2.05, 4.69) is 15.6 Å². The molecule has 1 atom stereocenters.